The standard InChI is InChI=1S/C11H7N3O2/c12-10(15)9-7-4-2-1-3-6(7)8-11(16)14(9)5-13-8/h1-5H,(H2,12,15). The van der Waals surface area contributed by atoms with Gasteiger partial charge in [0.15, 0.2) is 0 Å². The molecule has 0 saturated carbocycles. The van der Waals surface area contributed by atoms with Crippen LogP contribution in [-0.4, -0.2) is 16.8 Å². The third kappa shape index (κ3) is 0.916. The Balaban J connectivity index is 2.65. The van der Waals surface area contributed by atoms with Crippen molar-refractivity contribution < 1.29 is 4.79 Å². The topological polar surface area (TPSA) is 77.5 Å². The van der Waals surface area contributed by atoms with Gasteiger partial charge in [0, 0.05) is 10.8 Å². The van der Waals surface area contributed by atoms with Crippen molar-refractivity contribution in [3.8, 4) is 0 Å². The Morgan fingerprint density at radius 1 is 1.25 bits per heavy atom. The molecule has 2 N–H and O–H groups in total. The van der Waals surface area contributed by atoms with Gasteiger partial charge >= 0.3 is 0 Å². The number of aromatic nitrogens is 1. The van der Waals surface area contributed by atoms with Gasteiger partial charge in [-0.15, -0.1) is 0 Å². The Bertz CT molecular complexity index is 713. The van der Waals surface area contributed by atoms with Crippen molar-refractivity contribution in [2.45, 2.75) is 0 Å². The molecule has 0 radical (unpaired) electrons. The number of carbonyl (C=O) groups excluding carboxylic acids is 1. The quantitative estimate of drug-likeness (QED) is 0.643. The number of primary amides is 1. The zero-order valence-electron chi connectivity index (χ0n) is 8.18. The highest BCUT2D eigenvalue weighted by Crippen LogP contribution is 2.27. The molecule has 2 aromatic rings. The smallest absolute Gasteiger partial charge is 0.283 e. The number of aliphatic imine (C=N–C) groups is 1. The normalized spacial score (nSPS) is 12.2. The summed E-state index contributed by atoms with van der Waals surface area (Å²) in [7, 11) is 0. The highest BCUT2D eigenvalue weighted by atomic mass is 16.2. The molecule has 2 heterocycles. The molecule has 1 aliphatic heterocycles. The Morgan fingerprint density at radius 2 is 1.94 bits per heavy atom. The van der Waals surface area contributed by atoms with E-state index >= 15 is 0 Å². The Hall–Kier alpha value is -2.43. The van der Waals surface area contributed by atoms with Gasteiger partial charge < -0.3 is 5.73 Å². The summed E-state index contributed by atoms with van der Waals surface area (Å²) in [5.74, 6) is -0.631. The van der Waals surface area contributed by atoms with Gasteiger partial charge in [-0.25, -0.2) is 4.99 Å². The van der Waals surface area contributed by atoms with Crippen molar-refractivity contribution in [2.24, 2.45) is 10.7 Å². The number of nitrogens with zero attached hydrogens (tertiary/aromatic N) is 2. The monoisotopic (exact) mass is 213 g/mol. The molecule has 0 fully saturated rings. The molecular formula is C11H7N3O2. The second-order valence-electron chi connectivity index (χ2n) is 3.53. The number of fused-ring (bicyclic) bond motifs is 4. The van der Waals surface area contributed by atoms with E-state index in [1.165, 1.54) is 10.9 Å². The van der Waals surface area contributed by atoms with E-state index in [1.807, 2.05) is 0 Å². The van der Waals surface area contributed by atoms with Crippen molar-refractivity contribution in [3.05, 3.63) is 40.3 Å². The van der Waals surface area contributed by atoms with Gasteiger partial charge in [-0.1, -0.05) is 24.3 Å². The molecule has 1 aromatic carbocycles. The number of pyridine rings is 1. The zero-order chi connectivity index (χ0) is 11.3. The molecule has 2 bridgehead atoms. The Kier molecular flexibility index (Phi) is 1.54. The molecular weight excluding hydrogens is 206 g/mol. The number of amides is 1. The minimum Gasteiger partial charge on any atom is -0.364 e. The zero-order valence-corrected chi connectivity index (χ0v) is 8.18. The molecule has 78 valence electrons. The molecule has 1 aromatic heterocycles. The lowest BCUT2D eigenvalue weighted by Crippen LogP contribution is -2.26. The lowest BCUT2D eigenvalue weighted by Gasteiger charge is -2.05. The SMILES string of the molecule is NC(=O)c1c2ccccc2c2c(=O)n1C=N2. The van der Waals surface area contributed by atoms with E-state index in [1.54, 1.807) is 24.3 Å². The second kappa shape index (κ2) is 2.79. The van der Waals surface area contributed by atoms with Crippen LogP contribution in [0, 0.1) is 0 Å². The third-order valence-corrected chi connectivity index (χ3v) is 2.64. The predicted octanol–water partition coefficient (Wildman–Crippen LogP) is 0.622. The van der Waals surface area contributed by atoms with Crippen LogP contribution in [-0.2, 0) is 0 Å². The van der Waals surface area contributed by atoms with E-state index < -0.39 is 5.91 Å². The minimum absolute atomic E-state index is 0.186. The maximum Gasteiger partial charge on any atom is 0.283 e. The fraction of sp³-hybridized carbons (Fsp3) is 0. The van der Waals surface area contributed by atoms with Crippen molar-refractivity contribution in [1.29, 1.82) is 0 Å². The summed E-state index contributed by atoms with van der Waals surface area (Å²) in [5, 5.41) is 1.31. The lowest BCUT2D eigenvalue weighted by atomic mass is 10.1. The van der Waals surface area contributed by atoms with Gasteiger partial charge in [-0.3, -0.25) is 14.2 Å². The summed E-state index contributed by atoms with van der Waals surface area (Å²) < 4.78 is 1.19. The molecule has 3 rings (SSSR count). The van der Waals surface area contributed by atoms with E-state index in [0.717, 1.165) is 0 Å². The van der Waals surface area contributed by atoms with Crippen LogP contribution in [0.5, 0.6) is 0 Å². The molecule has 1 amide bonds. The summed E-state index contributed by atoms with van der Waals surface area (Å²) in [4.78, 5) is 27.2. The van der Waals surface area contributed by atoms with E-state index in [4.69, 9.17) is 5.73 Å². The average Bonchev–Trinajstić information content (AvgIpc) is 2.55. The number of hydrogen-bond donors (Lipinski definition) is 1. The van der Waals surface area contributed by atoms with Crippen LogP contribution < -0.4 is 11.3 Å². The maximum absolute atomic E-state index is 11.8. The summed E-state index contributed by atoms with van der Waals surface area (Å²) >= 11 is 0. The van der Waals surface area contributed by atoms with Crippen molar-refractivity contribution in [2.75, 3.05) is 0 Å². The highest BCUT2D eigenvalue weighted by Gasteiger charge is 2.21. The van der Waals surface area contributed by atoms with Crippen LogP contribution in [0.25, 0.3) is 10.8 Å². The molecule has 1 aliphatic rings. The van der Waals surface area contributed by atoms with E-state index in [0.29, 0.717) is 16.5 Å². The van der Waals surface area contributed by atoms with Gasteiger partial charge in [0.05, 0.1) is 0 Å². The third-order valence-electron chi connectivity index (χ3n) is 2.64. The van der Waals surface area contributed by atoms with Crippen molar-refractivity contribution in [1.82, 2.24) is 4.57 Å². The van der Waals surface area contributed by atoms with Crippen LogP contribution in [0.2, 0.25) is 0 Å². The van der Waals surface area contributed by atoms with Gasteiger partial charge in [0.2, 0.25) is 0 Å². The van der Waals surface area contributed by atoms with Crippen LogP contribution in [0.15, 0.2) is 34.1 Å². The average molecular weight is 213 g/mol. The van der Waals surface area contributed by atoms with E-state index in [-0.39, 0.29) is 11.3 Å². The molecule has 0 atom stereocenters. The number of hydrogen-bond acceptors (Lipinski definition) is 3. The summed E-state index contributed by atoms with van der Waals surface area (Å²) in [5.41, 5.74) is 5.54. The number of benzene rings is 1. The fourth-order valence-electron chi connectivity index (χ4n) is 1.96. The molecule has 0 aliphatic carbocycles. The molecule has 0 unspecified atom stereocenters. The second-order valence-corrected chi connectivity index (χ2v) is 3.53. The largest absolute Gasteiger partial charge is 0.364 e. The summed E-state index contributed by atoms with van der Waals surface area (Å²) in [6, 6.07) is 7.09. The summed E-state index contributed by atoms with van der Waals surface area (Å²) in [6.45, 7) is 0. The minimum atomic E-state index is -0.631. The molecule has 0 saturated heterocycles. The first-order chi connectivity index (χ1) is 7.70. The first kappa shape index (κ1) is 8.84. The lowest BCUT2D eigenvalue weighted by molar-refractivity contribution is 0.0995. The first-order valence-corrected chi connectivity index (χ1v) is 4.71. The van der Waals surface area contributed by atoms with Crippen molar-refractivity contribution in [3.63, 3.8) is 0 Å². The van der Waals surface area contributed by atoms with Crippen LogP contribution in [0.1, 0.15) is 10.5 Å². The van der Waals surface area contributed by atoms with Crippen LogP contribution in [0.4, 0.5) is 5.69 Å². The fourth-order valence-corrected chi connectivity index (χ4v) is 1.96. The molecule has 5 heteroatoms. The van der Waals surface area contributed by atoms with E-state index in [9.17, 15) is 9.59 Å². The van der Waals surface area contributed by atoms with Crippen LogP contribution in [0.3, 0.4) is 0 Å². The maximum atomic E-state index is 11.8. The Labute approximate surface area is 89.8 Å². The van der Waals surface area contributed by atoms with Crippen molar-refractivity contribution >= 4 is 28.7 Å². The van der Waals surface area contributed by atoms with E-state index in [2.05, 4.69) is 4.99 Å². The van der Waals surface area contributed by atoms with Gasteiger partial charge in [0.25, 0.3) is 11.5 Å². The Morgan fingerprint density at radius 3 is 2.62 bits per heavy atom. The van der Waals surface area contributed by atoms with Crippen LogP contribution >= 0.6 is 0 Å². The van der Waals surface area contributed by atoms with Gasteiger partial charge in [-0.05, 0) is 0 Å². The molecule has 5 nitrogen and oxygen atoms in total. The molecule has 16 heavy (non-hydrogen) atoms. The molecule has 0 spiro atoms. The summed E-state index contributed by atoms with van der Waals surface area (Å²) in [6.07, 6.45) is 1.33. The number of nitrogens with two attached hydrogens (primary N) is 1. The van der Waals surface area contributed by atoms with Gasteiger partial charge in [-0.2, -0.15) is 0 Å². The predicted molar refractivity (Wildman–Crippen MR) is 60.3 cm³/mol. The first-order valence-electron chi connectivity index (χ1n) is 4.71. The highest BCUT2D eigenvalue weighted by molar-refractivity contribution is 6.10. The number of rotatable bonds is 1. The van der Waals surface area contributed by atoms with Gasteiger partial charge in [0.1, 0.15) is 17.7 Å². The number of carbonyl (C=O) groups is 1.